The fourth-order valence-corrected chi connectivity index (χ4v) is 3.19. The van der Waals surface area contributed by atoms with Crippen LogP contribution in [-0.2, 0) is 11.3 Å². The van der Waals surface area contributed by atoms with E-state index in [1.54, 1.807) is 62.8 Å². The van der Waals surface area contributed by atoms with Crippen molar-refractivity contribution in [2.75, 3.05) is 4.90 Å². The van der Waals surface area contributed by atoms with Crippen LogP contribution < -0.4 is 14.4 Å². The summed E-state index contributed by atoms with van der Waals surface area (Å²) in [7, 11) is 0. The number of ether oxygens (including phenoxy) is 3. The molecule has 0 bridgehead atoms. The van der Waals surface area contributed by atoms with Gasteiger partial charge in [0.25, 0.3) is 0 Å². The van der Waals surface area contributed by atoms with E-state index in [4.69, 9.17) is 9.47 Å². The third-order valence-corrected chi connectivity index (χ3v) is 4.51. The van der Waals surface area contributed by atoms with Crippen molar-refractivity contribution < 1.29 is 27.8 Å². The molecule has 0 radical (unpaired) electrons. The molecule has 0 fully saturated rings. The Morgan fingerprint density at radius 1 is 1.03 bits per heavy atom. The lowest BCUT2D eigenvalue weighted by atomic mass is 10.1. The average Bonchev–Trinajstić information content (AvgIpc) is 3.25. The Labute approximate surface area is 197 Å². The molecular formula is C25H29F2N3O4. The number of nitrogens with one attached hydrogen (secondary N) is 1. The molecule has 0 aliphatic rings. The van der Waals surface area contributed by atoms with Crippen LogP contribution in [0.1, 0.15) is 50.7 Å². The molecule has 0 aliphatic heterocycles. The molecule has 3 aromatic rings. The van der Waals surface area contributed by atoms with Crippen molar-refractivity contribution in [1.29, 1.82) is 0 Å². The number of nitrogens with zero attached hydrogens (tertiary/aromatic N) is 2. The van der Waals surface area contributed by atoms with Crippen LogP contribution in [0.2, 0.25) is 0 Å². The summed E-state index contributed by atoms with van der Waals surface area (Å²) in [4.78, 5) is 21.5. The first-order chi connectivity index (χ1) is 16.0. The molecule has 1 aromatic heterocycles. The van der Waals surface area contributed by atoms with Crippen LogP contribution in [0, 0.1) is 0 Å². The Morgan fingerprint density at radius 2 is 1.71 bits per heavy atom. The van der Waals surface area contributed by atoms with E-state index in [2.05, 4.69) is 14.7 Å². The minimum absolute atomic E-state index is 0.0470. The first kappa shape index (κ1) is 25.0. The average molecular weight is 474 g/mol. The highest BCUT2D eigenvalue weighted by Crippen LogP contribution is 2.37. The molecular weight excluding hydrogens is 444 g/mol. The van der Waals surface area contributed by atoms with Gasteiger partial charge in [-0.25, -0.2) is 9.78 Å². The van der Waals surface area contributed by atoms with Crippen molar-refractivity contribution in [2.24, 2.45) is 0 Å². The number of benzene rings is 2. The molecule has 0 atom stereocenters. The minimum atomic E-state index is -2.97. The smallest absolute Gasteiger partial charge is 0.387 e. The van der Waals surface area contributed by atoms with Gasteiger partial charge in [0.1, 0.15) is 5.60 Å². The summed E-state index contributed by atoms with van der Waals surface area (Å²) in [5.74, 6) is -0.262. The third-order valence-electron chi connectivity index (χ3n) is 4.51. The number of esters is 1. The molecule has 1 N–H and O–H groups in total. The SMILES string of the molecule is CC(C)Oc1cc(N(Cc2cnc[nH]2)c2ccc(C(=O)OC(C)(C)C)cc2)ccc1OC(F)F. The van der Waals surface area contributed by atoms with Crippen LogP contribution in [-0.4, -0.2) is 34.3 Å². The van der Waals surface area contributed by atoms with E-state index < -0.39 is 18.2 Å². The van der Waals surface area contributed by atoms with Crippen LogP contribution in [0.15, 0.2) is 55.0 Å². The Hall–Kier alpha value is -3.62. The number of aromatic nitrogens is 2. The van der Waals surface area contributed by atoms with E-state index in [9.17, 15) is 13.6 Å². The second-order valence-corrected chi connectivity index (χ2v) is 8.89. The molecule has 0 unspecified atom stereocenters. The zero-order valence-electron chi connectivity index (χ0n) is 19.8. The summed E-state index contributed by atoms with van der Waals surface area (Å²) in [5, 5.41) is 0. The van der Waals surface area contributed by atoms with E-state index in [1.165, 1.54) is 6.07 Å². The number of hydrogen-bond acceptors (Lipinski definition) is 6. The van der Waals surface area contributed by atoms with Crippen LogP contribution in [0.25, 0.3) is 0 Å². The molecule has 1 heterocycles. The standard InChI is InChI=1S/C25H29F2N3O4/c1-16(2)32-22-12-20(10-11-21(22)33-24(26)27)30(14-18-13-28-15-29-18)19-8-6-17(7-9-19)23(31)34-25(3,4)5/h6-13,15-16,24H,14H2,1-5H3,(H,28,29). The number of alkyl halides is 2. The zero-order valence-corrected chi connectivity index (χ0v) is 19.8. The summed E-state index contributed by atoms with van der Waals surface area (Å²) in [6.45, 7) is 6.47. The lowest BCUT2D eigenvalue weighted by Gasteiger charge is -2.26. The van der Waals surface area contributed by atoms with Crippen molar-refractivity contribution in [3.63, 3.8) is 0 Å². The van der Waals surface area contributed by atoms with Gasteiger partial charge < -0.3 is 24.1 Å². The Bertz CT molecular complexity index is 1080. The van der Waals surface area contributed by atoms with E-state index >= 15 is 0 Å². The highest BCUT2D eigenvalue weighted by molar-refractivity contribution is 5.90. The van der Waals surface area contributed by atoms with E-state index in [-0.39, 0.29) is 17.6 Å². The van der Waals surface area contributed by atoms with E-state index in [0.29, 0.717) is 17.8 Å². The van der Waals surface area contributed by atoms with Crippen LogP contribution in [0.3, 0.4) is 0 Å². The van der Waals surface area contributed by atoms with Gasteiger partial charge in [-0.1, -0.05) is 0 Å². The minimum Gasteiger partial charge on any atom is -0.487 e. The molecule has 0 spiro atoms. The van der Waals surface area contributed by atoms with Crippen LogP contribution in [0.5, 0.6) is 11.5 Å². The van der Waals surface area contributed by atoms with Gasteiger partial charge in [0.2, 0.25) is 0 Å². The third kappa shape index (κ3) is 6.94. The second kappa shape index (κ2) is 10.5. The molecule has 3 rings (SSSR count). The van der Waals surface area contributed by atoms with Crippen molar-refractivity contribution in [1.82, 2.24) is 9.97 Å². The number of rotatable bonds is 9. The van der Waals surface area contributed by atoms with Gasteiger partial charge in [-0.3, -0.25) is 0 Å². The quantitative estimate of drug-likeness (QED) is 0.379. The number of halogens is 2. The first-order valence-corrected chi connectivity index (χ1v) is 10.9. The highest BCUT2D eigenvalue weighted by Gasteiger charge is 2.20. The predicted octanol–water partition coefficient (Wildman–Crippen LogP) is 6.09. The molecule has 34 heavy (non-hydrogen) atoms. The highest BCUT2D eigenvalue weighted by atomic mass is 19.3. The number of aromatic amines is 1. The van der Waals surface area contributed by atoms with Crippen molar-refractivity contribution in [3.8, 4) is 11.5 Å². The van der Waals surface area contributed by atoms with Gasteiger partial charge in [0.15, 0.2) is 11.5 Å². The van der Waals surface area contributed by atoms with Gasteiger partial charge in [-0.05, 0) is 71.0 Å². The molecule has 2 aromatic carbocycles. The Balaban J connectivity index is 1.97. The number of carbonyl (C=O) groups excluding carboxylic acids is 1. The number of imidazole rings is 1. The van der Waals surface area contributed by atoms with Gasteiger partial charge in [-0.2, -0.15) is 8.78 Å². The second-order valence-electron chi connectivity index (χ2n) is 8.89. The van der Waals surface area contributed by atoms with Crippen molar-refractivity contribution in [3.05, 3.63) is 66.2 Å². The fraction of sp³-hybridized carbons (Fsp3) is 0.360. The number of anilines is 2. The zero-order chi connectivity index (χ0) is 24.9. The van der Waals surface area contributed by atoms with Crippen LogP contribution >= 0.6 is 0 Å². The fourth-order valence-electron chi connectivity index (χ4n) is 3.19. The topological polar surface area (TPSA) is 76.7 Å². The molecule has 0 saturated carbocycles. The van der Waals surface area contributed by atoms with E-state index in [0.717, 1.165) is 11.4 Å². The molecule has 0 saturated heterocycles. The summed E-state index contributed by atoms with van der Waals surface area (Å²) < 4.78 is 41.6. The molecule has 0 aliphatic carbocycles. The Morgan fingerprint density at radius 3 is 2.26 bits per heavy atom. The summed E-state index contributed by atoms with van der Waals surface area (Å²) in [5.41, 5.74) is 2.09. The summed E-state index contributed by atoms with van der Waals surface area (Å²) >= 11 is 0. The lowest BCUT2D eigenvalue weighted by Crippen LogP contribution is -2.24. The summed E-state index contributed by atoms with van der Waals surface area (Å²) in [6, 6.07) is 11.7. The maximum Gasteiger partial charge on any atom is 0.387 e. The summed E-state index contributed by atoms with van der Waals surface area (Å²) in [6.07, 6.45) is 3.03. The molecule has 9 heteroatoms. The maximum absolute atomic E-state index is 12.9. The molecule has 182 valence electrons. The molecule has 0 amide bonds. The van der Waals surface area contributed by atoms with Crippen molar-refractivity contribution >= 4 is 17.3 Å². The van der Waals surface area contributed by atoms with Gasteiger partial charge in [-0.15, -0.1) is 0 Å². The predicted molar refractivity (Wildman–Crippen MR) is 125 cm³/mol. The number of carbonyl (C=O) groups is 1. The molecule has 7 nitrogen and oxygen atoms in total. The normalized spacial score (nSPS) is 11.6. The maximum atomic E-state index is 12.9. The number of hydrogen-bond donors (Lipinski definition) is 1. The van der Waals surface area contributed by atoms with Crippen molar-refractivity contribution in [2.45, 2.75) is 59.5 Å². The monoisotopic (exact) mass is 473 g/mol. The van der Waals surface area contributed by atoms with Gasteiger partial charge >= 0.3 is 12.6 Å². The largest absolute Gasteiger partial charge is 0.487 e. The number of H-pyrrole nitrogens is 1. The van der Waals surface area contributed by atoms with E-state index in [1.807, 2.05) is 25.7 Å². The lowest BCUT2D eigenvalue weighted by molar-refractivity contribution is -0.0518. The van der Waals surface area contributed by atoms with Gasteiger partial charge in [0.05, 0.1) is 30.2 Å². The van der Waals surface area contributed by atoms with Gasteiger partial charge in [0, 0.05) is 23.6 Å². The van der Waals surface area contributed by atoms with Crippen LogP contribution in [0.4, 0.5) is 20.2 Å². The Kier molecular flexibility index (Phi) is 7.75. The first-order valence-electron chi connectivity index (χ1n) is 10.9.